The fourth-order valence-corrected chi connectivity index (χ4v) is 1.95. The lowest BCUT2D eigenvalue weighted by Crippen LogP contribution is -2.01. The molecule has 4 nitrogen and oxygen atoms in total. The Bertz CT molecular complexity index is 738. The van der Waals surface area contributed by atoms with Crippen molar-refractivity contribution in [1.82, 2.24) is 19.7 Å². The molecule has 0 radical (unpaired) electrons. The van der Waals surface area contributed by atoms with Gasteiger partial charge >= 0.3 is 0 Å². The summed E-state index contributed by atoms with van der Waals surface area (Å²) in [4.78, 5) is 7.94. The van der Waals surface area contributed by atoms with Crippen LogP contribution in [0.3, 0.4) is 0 Å². The lowest BCUT2D eigenvalue weighted by Gasteiger charge is -2.05. The Balaban J connectivity index is 2.29. The minimum Gasteiger partial charge on any atom is -0.224 e. The number of halogens is 2. The highest BCUT2D eigenvalue weighted by Gasteiger charge is 2.12. The molecule has 90 valence electrons. The third-order valence-corrected chi connectivity index (χ3v) is 2.95. The molecule has 0 unspecified atom stereocenters. The lowest BCUT2D eigenvalue weighted by molar-refractivity contribution is 0.611. The number of benzene rings is 1. The van der Waals surface area contributed by atoms with E-state index in [9.17, 15) is 4.39 Å². The molecule has 0 aliphatic rings. The quantitative estimate of drug-likeness (QED) is 0.634. The highest BCUT2D eigenvalue weighted by atomic mass is 35.5. The van der Waals surface area contributed by atoms with Crippen molar-refractivity contribution < 1.29 is 4.39 Å². The van der Waals surface area contributed by atoms with Gasteiger partial charge in [0.2, 0.25) is 0 Å². The molecule has 3 rings (SSSR count). The van der Waals surface area contributed by atoms with Gasteiger partial charge in [0.05, 0.1) is 11.6 Å². The Morgan fingerprint density at radius 1 is 1.28 bits per heavy atom. The van der Waals surface area contributed by atoms with Crippen LogP contribution in [0.4, 0.5) is 4.39 Å². The van der Waals surface area contributed by atoms with E-state index in [0.29, 0.717) is 21.9 Å². The number of hydrogen-bond donors (Lipinski definition) is 0. The molecule has 2 heterocycles. The molecule has 1 aromatic carbocycles. The first-order chi connectivity index (χ1) is 8.66. The van der Waals surface area contributed by atoms with E-state index in [-0.39, 0.29) is 5.82 Å². The van der Waals surface area contributed by atoms with E-state index in [1.165, 1.54) is 23.3 Å². The maximum atomic E-state index is 13.9. The van der Waals surface area contributed by atoms with Gasteiger partial charge in [0.15, 0.2) is 5.65 Å². The van der Waals surface area contributed by atoms with Gasteiger partial charge in [0, 0.05) is 0 Å². The van der Waals surface area contributed by atoms with E-state index in [4.69, 9.17) is 11.6 Å². The Morgan fingerprint density at radius 2 is 2.11 bits per heavy atom. The van der Waals surface area contributed by atoms with Crippen LogP contribution in [0.15, 0.2) is 30.7 Å². The van der Waals surface area contributed by atoms with Gasteiger partial charge in [-0.1, -0.05) is 17.7 Å². The van der Waals surface area contributed by atoms with E-state index >= 15 is 0 Å². The molecule has 0 amide bonds. The average Bonchev–Trinajstić information content (AvgIpc) is 2.74. The predicted octanol–water partition coefficient (Wildman–Crippen LogP) is 2.92. The Kier molecular flexibility index (Phi) is 2.48. The van der Waals surface area contributed by atoms with Crippen molar-refractivity contribution in [1.29, 1.82) is 0 Å². The van der Waals surface area contributed by atoms with E-state index < -0.39 is 0 Å². The molecule has 0 fully saturated rings. The van der Waals surface area contributed by atoms with Crippen LogP contribution in [0.5, 0.6) is 0 Å². The fraction of sp³-hybridized carbons (Fsp3) is 0.0833. The summed E-state index contributed by atoms with van der Waals surface area (Å²) >= 11 is 5.92. The minimum absolute atomic E-state index is 0.304. The molecule has 0 N–H and O–H groups in total. The molecule has 2 aromatic heterocycles. The largest absolute Gasteiger partial charge is 0.224 e. The number of fused-ring (bicyclic) bond motifs is 1. The molecule has 3 aromatic rings. The maximum Gasteiger partial charge on any atom is 0.167 e. The molecule has 18 heavy (non-hydrogen) atoms. The zero-order chi connectivity index (χ0) is 12.7. The van der Waals surface area contributed by atoms with Gasteiger partial charge in [-0.25, -0.2) is 19.0 Å². The van der Waals surface area contributed by atoms with Crippen LogP contribution in [-0.4, -0.2) is 19.7 Å². The van der Waals surface area contributed by atoms with Crippen molar-refractivity contribution in [3.8, 4) is 5.69 Å². The number of hydrogen-bond acceptors (Lipinski definition) is 3. The molecule has 0 spiro atoms. The Morgan fingerprint density at radius 3 is 2.89 bits per heavy atom. The smallest absolute Gasteiger partial charge is 0.167 e. The van der Waals surface area contributed by atoms with E-state index in [2.05, 4.69) is 15.1 Å². The minimum atomic E-state index is -0.352. The van der Waals surface area contributed by atoms with Gasteiger partial charge in [-0.2, -0.15) is 5.10 Å². The van der Waals surface area contributed by atoms with Crippen molar-refractivity contribution in [3.05, 3.63) is 47.3 Å². The normalized spacial score (nSPS) is 11.1. The number of rotatable bonds is 1. The standard InChI is InChI=1S/C12H8ClFN4/c1-7-2-3-10(9(14)4-7)18-12-8(5-17-18)11(13)15-6-16-12/h2-6H,1H3. The molecular weight excluding hydrogens is 255 g/mol. The van der Waals surface area contributed by atoms with Crippen molar-refractivity contribution >= 4 is 22.6 Å². The Labute approximate surface area is 107 Å². The second-order valence-electron chi connectivity index (χ2n) is 3.91. The van der Waals surface area contributed by atoms with Crippen LogP contribution in [0.25, 0.3) is 16.7 Å². The molecule has 0 aliphatic carbocycles. The van der Waals surface area contributed by atoms with Crippen LogP contribution in [0.2, 0.25) is 5.15 Å². The first-order valence-corrected chi connectivity index (χ1v) is 5.65. The van der Waals surface area contributed by atoms with E-state index in [1.54, 1.807) is 6.07 Å². The maximum absolute atomic E-state index is 13.9. The molecule has 0 saturated heterocycles. The van der Waals surface area contributed by atoms with Crippen LogP contribution in [-0.2, 0) is 0 Å². The monoisotopic (exact) mass is 262 g/mol. The summed E-state index contributed by atoms with van der Waals surface area (Å²) in [7, 11) is 0. The van der Waals surface area contributed by atoms with Gasteiger partial charge < -0.3 is 0 Å². The molecular formula is C12H8ClFN4. The molecule has 0 atom stereocenters. The fourth-order valence-electron chi connectivity index (χ4n) is 1.78. The van der Waals surface area contributed by atoms with Crippen molar-refractivity contribution in [3.63, 3.8) is 0 Å². The third-order valence-electron chi connectivity index (χ3n) is 2.65. The zero-order valence-electron chi connectivity index (χ0n) is 9.43. The summed E-state index contributed by atoms with van der Waals surface area (Å²) in [6.45, 7) is 1.83. The number of aromatic nitrogens is 4. The first-order valence-electron chi connectivity index (χ1n) is 5.27. The summed E-state index contributed by atoms with van der Waals surface area (Å²) in [5.41, 5.74) is 1.67. The highest BCUT2D eigenvalue weighted by Crippen LogP contribution is 2.22. The molecule has 0 bridgehead atoms. The Hall–Kier alpha value is -2.01. The van der Waals surface area contributed by atoms with Crippen LogP contribution in [0.1, 0.15) is 5.56 Å². The van der Waals surface area contributed by atoms with Crippen molar-refractivity contribution in [2.45, 2.75) is 6.92 Å². The summed E-state index contributed by atoms with van der Waals surface area (Å²) in [6, 6.07) is 4.92. The molecule has 0 saturated carbocycles. The summed E-state index contributed by atoms with van der Waals surface area (Å²) in [5, 5.41) is 5.01. The van der Waals surface area contributed by atoms with Gasteiger partial charge in [-0.3, -0.25) is 0 Å². The van der Waals surface area contributed by atoms with Gasteiger partial charge in [0.25, 0.3) is 0 Å². The predicted molar refractivity (Wildman–Crippen MR) is 66.4 cm³/mol. The highest BCUT2D eigenvalue weighted by molar-refractivity contribution is 6.33. The van der Waals surface area contributed by atoms with Crippen molar-refractivity contribution in [2.75, 3.05) is 0 Å². The van der Waals surface area contributed by atoms with Gasteiger partial charge in [-0.05, 0) is 24.6 Å². The number of aryl methyl sites for hydroxylation is 1. The van der Waals surface area contributed by atoms with Crippen LogP contribution < -0.4 is 0 Å². The second kappa shape index (κ2) is 4.03. The van der Waals surface area contributed by atoms with Crippen molar-refractivity contribution in [2.24, 2.45) is 0 Å². The topological polar surface area (TPSA) is 43.6 Å². The van der Waals surface area contributed by atoms with E-state index in [0.717, 1.165) is 5.56 Å². The zero-order valence-corrected chi connectivity index (χ0v) is 10.2. The summed E-state index contributed by atoms with van der Waals surface area (Å²) in [5.74, 6) is -0.352. The van der Waals surface area contributed by atoms with E-state index in [1.807, 2.05) is 13.0 Å². The second-order valence-corrected chi connectivity index (χ2v) is 4.27. The van der Waals surface area contributed by atoms with Gasteiger partial charge in [0.1, 0.15) is 23.0 Å². The summed E-state index contributed by atoms with van der Waals surface area (Å²) < 4.78 is 15.3. The SMILES string of the molecule is Cc1ccc(-n2ncc3c(Cl)ncnc32)c(F)c1. The first kappa shape index (κ1) is 11.1. The molecule has 0 aliphatic heterocycles. The number of nitrogens with zero attached hydrogens (tertiary/aromatic N) is 4. The molecule has 6 heteroatoms. The lowest BCUT2D eigenvalue weighted by atomic mass is 10.2. The van der Waals surface area contributed by atoms with Gasteiger partial charge in [-0.15, -0.1) is 0 Å². The summed E-state index contributed by atoms with van der Waals surface area (Å²) in [6.07, 6.45) is 2.85. The van der Waals surface area contributed by atoms with Crippen LogP contribution in [0, 0.1) is 12.7 Å². The third kappa shape index (κ3) is 1.64. The average molecular weight is 263 g/mol. The van der Waals surface area contributed by atoms with Crippen LogP contribution >= 0.6 is 11.6 Å².